The predicted molar refractivity (Wildman–Crippen MR) is 46.9 cm³/mol. The lowest BCUT2D eigenvalue weighted by atomic mass is 10.1. The van der Waals surface area contributed by atoms with Crippen molar-refractivity contribution in [3.63, 3.8) is 0 Å². The van der Waals surface area contributed by atoms with Crippen molar-refractivity contribution >= 4 is 6.09 Å². The minimum atomic E-state index is -1.01. The molecule has 14 heavy (non-hydrogen) atoms. The number of primary amides is 1. The number of benzene rings is 1. The molecule has 0 radical (unpaired) electrons. The van der Waals surface area contributed by atoms with Crippen LogP contribution in [0, 0.1) is 5.82 Å². The molecule has 1 unspecified atom stereocenters. The van der Waals surface area contributed by atoms with E-state index in [0.717, 1.165) is 0 Å². The molecule has 0 heterocycles. The van der Waals surface area contributed by atoms with E-state index in [-0.39, 0.29) is 0 Å². The Morgan fingerprint density at radius 1 is 1.64 bits per heavy atom. The molecule has 0 aliphatic heterocycles. The van der Waals surface area contributed by atoms with E-state index >= 15 is 0 Å². The molecule has 0 saturated heterocycles. The number of hydrogen-bond acceptors (Lipinski definition) is 3. The summed E-state index contributed by atoms with van der Waals surface area (Å²) in [7, 11) is 0. The van der Waals surface area contributed by atoms with E-state index in [9.17, 15) is 9.18 Å². The highest BCUT2D eigenvalue weighted by molar-refractivity contribution is 5.65. The largest absolute Gasteiger partial charge is 0.439 e. The second-order valence-electron chi connectivity index (χ2n) is 2.66. The van der Waals surface area contributed by atoms with Gasteiger partial charge in [0.2, 0.25) is 0 Å². The number of ether oxygens (including phenoxy) is 1. The van der Waals surface area contributed by atoms with Crippen LogP contribution in [-0.4, -0.2) is 17.8 Å². The van der Waals surface area contributed by atoms with Gasteiger partial charge in [-0.2, -0.15) is 0 Å². The Hall–Kier alpha value is -1.62. The summed E-state index contributed by atoms with van der Waals surface area (Å²) in [5.74, 6) is -0.464. The fourth-order valence-electron chi connectivity index (χ4n) is 1.06. The number of carbonyl (C=O) groups is 1. The number of nitrogens with two attached hydrogens (primary N) is 1. The Morgan fingerprint density at radius 3 is 2.86 bits per heavy atom. The number of aliphatic hydroxyl groups is 1. The van der Waals surface area contributed by atoms with Crippen LogP contribution in [-0.2, 0) is 4.74 Å². The van der Waals surface area contributed by atoms with E-state index in [1.165, 1.54) is 24.3 Å². The van der Waals surface area contributed by atoms with Crippen LogP contribution in [0.4, 0.5) is 9.18 Å². The molecule has 5 heteroatoms. The van der Waals surface area contributed by atoms with Crippen molar-refractivity contribution in [3.8, 4) is 0 Å². The molecule has 0 aliphatic carbocycles. The second kappa shape index (κ2) is 4.57. The van der Waals surface area contributed by atoms with Gasteiger partial charge in [0.25, 0.3) is 0 Å². The third-order valence-corrected chi connectivity index (χ3v) is 1.64. The van der Waals surface area contributed by atoms with Gasteiger partial charge in [-0.1, -0.05) is 12.1 Å². The summed E-state index contributed by atoms with van der Waals surface area (Å²) in [5, 5.41) is 8.86. The van der Waals surface area contributed by atoms with Gasteiger partial charge in [0, 0.05) is 0 Å². The summed E-state index contributed by atoms with van der Waals surface area (Å²) in [6.45, 7) is -0.438. The first-order valence-corrected chi connectivity index (χ1v) is 3.96. The first kappa shape index (κ1) is 10.5. The van der Waals surface area contributed by atoms with Gasteiger partial charge in [0.05, 0.1) is 6.61 Å². The Balaban J connectivity index is 2.83. The Bertz CT molecular complexity index is 330. The third kappa shape index (κ3) is 2.70. The van der Waals surface area contributed by atoms with Crippen molar-refractivity contribution in [2.24, 2.45) is 5.73 Å². The summed E-state index contributed by atoms with van der Waals surface area (Å²) in [6, 6.07) is 5.41. The van der Waals surface area contributed by atoms with E-state index in [0.29, 0.717) is 5.56 Å². The molecule has 76 valence electrons. The van der Waals surface area contributed by atoms with Gasteiger partial charge in [-0.25, -0.2) is 9.18 Å². The highest BCUT2D eigenvalue weighted by Gasteiger charge is 2.14. The lowest BCUT2D eigenvalue weighted by molar-refractivity contribution is 0.0631. The average Bonchev–Trinajstić information content (AvgIpc) is 2.14. The van der Waals surface area contributed by atoms with E-state index in [2.05, 4.69) is 4.74 Å². The molecule has 4 nitrogen and oxygen atoms in total. The molecule has 0 saturated carbocycles. The lowest BCUT2D eigenvalue weighted by Gasteiger charge is -2.13. The van der Waals surface area contributed by atoms with Crippen molar-refractivity contribution < 1.29 is 19.0 Å². The minimum absolute atomic E-state index is 0.367. The van der Waals surface area contributed by atoms with Crippen LogP contribution in [0.15, 0.2) is 24.3 Å². The first-order valence-electron chi connectivity index (χ1n) is 3.96. The maximum atomic E-state index is 12.7. The predicted octanol–water partition coefficient (Wildman–Crippen LogP) is 0.954. The van der Waals surface area contributed by atoms with Crippen LogP contribution in [0.1, 0.15) is 11.7 Å². The quantitative estimate of drug-likeness (QED) is 0.761. The molecule has 0 aromatic heterocycles. The zero-order valence-corrected chi connectivity index (χ0v) is 7.31. The normalized spacial score (nSPS) is 12.1. The topological polar surface area (TPSA) is 72.6 Å². The number of carbonyl (C=O) groups excluding carboxylic acids is 1. The Labute approximate surface area is 80.1 Å². The second-order valence-corrected chi connectivity index (χ2v) is 2.66. The molecule has 3 N–H and O–H groups in total. The standard InChI is InChI=1S/C9H10FNO3/c10-7-3-1-2-6(4-7)8(5-12)14-9(11)13/h1-4,8,12H,5H2,(H2,11,13). The van der Waals surface area contributed by atoms with E-state index in [4.69, 9.17) is 10.8 Å². The van der Waals surface area contributed by atoms with Crippen LogP contribution in [0.2, 0.25) is 0 Å². The lowest BCUT2D eigenvalue weighted by Crippen LogP contribution is -2.19. The molecule has 1 amide bonds. The maximum Gasteiger partial charge on any atom is 0.405 e. The number of amides is 1. The molecule has 0 aliphatic rings. The molecule has 1 aromatic rings. The van der Waals surface area contributed by atoms with Crippen LogP contribution in [0.5, 0.6) is 0 Å². The van der Waals surface area contributed by atoms with E-state index in [1.54, 1.807) is 0 Å². The Kier molecular flexibility index (Phi) is 3.41. The van der Waals surface area contributed by atoms with E-state index < -0.39 is 24.6 Å². The number of rotatable bonds is 3. The molecule has 0 fully saturated rings. The van der Waals surface area contributed by atoms with Crippen LogP contribution in [0.25, 0.3) is 0 Å². The number of aliphatic hydroxyl groups excluding tert-OH is 1. The van der Waals surface area contributed by atoms with Crippen LogP contribution < -0.4 is 5.73 Å². The highest BCUT2D eigenvalue weighted by atomic mass is 19.1. The fourth-order valence-corrected chi connectivity index (χ4v) is 1.06. The summed E-state index contributed by atoms with van der Waals surface area (Å²) in [4.78, 5) is 10.4. The average molecular weight is 199 g/mol. The Morgan fingerprint density at radius 2 is 2.36 bits per heavy atom. The highest BCUT2D eigenvalue weighted by Crippen LogP contribution is 2.17. The smallest absolute Gasteiger partial charge is 0.405 e. The van der Waals surface area contributed by atoms with Gasteiger partial charge in [-0.15, -0.1) is 0 Å². The van der Waals surface area contributed by atoms with Gasteiger partial charge >= 0.3 is 6.09 Å². The maximum absolute atomic E-state index is 12.7. The van der Waals surface area contributed by atoms with Gasteiger partial charge in [-0.3, -0.25) is 0 Å². The minimum Gasteiger partial charge on any atom is -0.439 e. The molecule has 0 spiro atoms. The first-order chi connectivity index (χ1) is 6.63. The van der Waals surface area contributed by atoms with Gasteiger partial charge in [0.1, 0.15) is 5.82 Å². The monoisotopic (exact) mass is 199 g/mol. The van der Waals surface area contributed by atoms with Gasteiger partial charge in [0.15, 0.2) is 6.10 Å². The van der Waals surface area contributed by atoms with Gasteiger partial charge in [-0.05, 0) is 17.7 Å². The zero-order valence-electron chi connectivity index (χ0n) is 7.31. The van der Waals surface area contributed by atoms with Crippen molar-refractivity contribution in [2.75, 3.05) is 6.61 Å². The summed E-state index contributed by atoms with van der Waals surface area (Å²) in [5.41, 5.74) is 5.15. The molecular formula is C9H10FNO3. The van der Waals surface area contributed by atoms with E-state index in [1.807, 2.05) is 0 Å². The molecule has 1 rings (SSSR count). The molecule has 0 bridgehead atoms. The molecular weight excluding hydrogens is 189 g/mol. The van der Waals surface area contributed by atoms with Crippen LogP contribution >= 0.6 is 0 Å². The summed E-state index contributed by atoms with van der Waals surface area (Å²) >= 11 is 0. The van der Waals surface area contributed by atoms with Crippen molar-refractivity contribution in [3.05, 3.63) is 35.6 Å². The van der Waals surface area contributed by atoms with Crippen LogP contribution in [0.3, 0.4) is 0 Å². The molecule has 1 aromatic carbocycles. The van der Waals surface area contributed by atoms with Crippen molar-refractivity contribution in [1.29, 1.82) is 0 Å². The third-order valence-electron chi connectivity index (χ3n) is 1.64. The van der Waals surface area contributed by atoms with Gasteiger partial charge < -0.3 is 15.6 Å². The zero-order chi connectivity index (χ0) is 10.6. The molecule has 1 atom stereocenters. The number of hydrogen-bond donors (Lipinski definition) is 2. The SMILES string of the molecule is NC(=O)OC(CO)c1cccc(F)c1. The number of halogens is 1. The fraction of sp³-hybridized carbons (Fsp3) is 0.222. The van der Waals surface area contributed by atoms with Crippen molar-refractivity contribution in [1.82, 2.24) is 0 Å². The van der Waals surface area contributed by atoms with Crippen molar-refractivity contribution in [2.45, 2.75) is 6.10 Å². The summed E-state index contributed by atoms with van der Waals surface area (Å²) in [6.07, 6.45) is -1.92. The summed E-state index contributed by atoms with van der Waals surface area (Å²) < 4.78 is 17.3.